The fraction of sp³-hybridized carbons (Fsp3) is 0.421. The minimum Gasteiger partial charge on any atom is -0.494 e. The van der Waals surface area contributed by atoms with Gasteiger partial charge in [-0.25, -0.2) is 4.98 Å². The zero-order valence-corrected chi connectivity index (χ0v) is 13.8. The topological polar surface area (TPSA) is 34.1 Å². The summed E-state index contributed by atoms with van der Waals surface area (Å²) < 4.78 is 5.78. The Morgan fingerprint density at radius 2 is 1.86 bits per heavy atom. The Morgan fingerprint density at radius 1 is 1.09 bits per heavy atom. The van der Waals surface area contributed by atoms with Crippen LogP contribution in [0.4, 0.5) is 5.82 Å². The van der Waals surface area contributed by atoms with Gasteiger partial charge in [-0.15, -0.1) is 0 Å². The molecule has 1 aromatic carbocycles. The summed E-state index contributed by atoms with van der Waals surface area (Å²) in [5.41, 5.74) is 1.59. The number of nitrogens with zero attached hydrogens (tertiary/aromatic N) is 1. The Kier molecular flexibility index (Phi) is 5.82. The van der Waals surface area contributed by atoms with Crippen molar-refractivity contribution in [3.8, 4) is 5.75 Å². The monoisotopic (exact) mass is 298 g/mol. The standard InChI is InChI=1S/C19H26N2O/c1-4-19(2,3)16-9-11-17(12-10-16)22-15-7-14-21-18-8-5-6-13-20-18/h5-6,8-13H,4,7,14-15H2,1-3H3,(H,20,21). The van der Waals surface area contributed by atoms with E-state index in [0.717, 1.165) is 31.0 Å². The molecule has 0 spiro atoms. The zero-order valence-electron chi connectivity index (χ0n) is 13.8. The van der Waals surface area contributed by atoms with Gasteiger partial charge in [-0.3, -0.25) is 0 Å². The van der Waals surface area contributed by atoms with E-state index in [1.54, 1.807) is 6.20 Å². The lowest BCUT2D eigenvalue weighted by Crippen LogP contribution is -2.15. The van der Waals surface area contributed by atoms with Crippen molar-refractivity contribution < 1.29 is 4.74 Å². The third-order valence-corrected chi connectivity index (χ3v) is 4.08. The number of pyridine rings is 1. The highest BCUT2D eigenvalue weighted by molar-refractivity contribution is 5.33. The number of aromatic nitrogens is 1. The van der Waals surface area contributed by atoms with Crippen LogP contribution in [0.5, 0.6) is 5.75 Å². The van der Waals surface area contributed by atoms with Crippen molar-refractivity contribution in [3.63, 3.8) is 0 Å². The summed E-state index contributed by atoms with van der Waals surface area (Å²) in [5.74, 6) is 1.85. The summed E-state index contributed by atoms with van der Waals surface area (Å²) >= 11 is 0. The van der Waals surface area contributed by atoms with Crippen molar-refractivity contribution in [1.29, 1.82) is 0 Å². The number of nitrogens with one attached hydrogen (secondary N) is 1. The molecule has 0 aliphatic carbocycles. The molecule has 0 aliphatic rings. The third-order valence-electron chi connectivity index (χ3n) is 4.08. The van der Waals surface area contributed by atoms with Crippen LogP contribution >= 0.6 is 0 Å². The summed E-state index contributed by atoms with van der Waals surface area (Å²) in [5, 5.41) is 3.28. The van der Waals surface area contributed by atoms with Crippen molar-refractivity contribution in [1.82, 2.24) is 4.98 Å². The van der Waals surface area contributed by atoms with Crippen LogP contribution in [0.15, 0.2) is 48.7 Å². The van der Waals surface area contributed by atoms with E-state index in [1.807, 2.05) is 18.2 Å². The van der Waals surface area contributed by atoms with Gasteiger partial charge >= 0.3 is 0 Å². The fourth-order valence-electron chi connectivity index (χ4n) is 2.15. The minimum atomic E-state index is 0.227. The quantitative estimate of drug-likeness (QED) is 0.720. The predicted molar refractivity (Wildman–Crippen MR) is 92.6 cm³/mol. The summed E-state index contributed by atoms with van der Waals surface area (Å²) in [6.45, 7) is 8.33. The van der Waals surface area contributed by atoms with Gasteiger partial charge in [-0.05, 0) is 48.1 Å². The first-order valence-electron chi connectivity index (χ1n) is 8.00. The van der Waals surface area contributed by atoms with Crippen LogP contribution in [0.2, 0.25) is 0 Å². The van der Waals surface area contributed by atoms with Gasteiger partial charge in [-0.2, -0.15) is 0 Å². The smallest absolute Gasteiger partial charge is 0.125 e. The Labute approximate surface area is 133 Å². The second kappa shape index (κ2) is 7.83. The van der Waals surface area contributed by atoms with E-state index in [2.05, 4.69) is 55.3 Å². The SMILES string of the molecule is CCC(C)(C)c1ccc(OCCCNc2ccccn2)cc1. The lowest BCUT2D eigenvalue weighted by Gasteiger charge is -2.23. The van der Waals surface area contributed by atoms with Gasteiger partial charge in [0.25, 0.3) is 0 Å². The first-order chi connectivity index (χ1) is 10.6. The second-order valence-electron chi connectivity index (χ2n) is 6.11. The second-order valence-corrected chi connectivity index (χ2v) is 6.11. The maximum atomic E-state index is 5.78. The minimum absolute atomic E-state index is 0.227. The normalized spacial score (nSPS) is 11.2. The summed E-state index contributed by atoms with van der Waals surface area (Å²) in [7, 11) is 0. The van der Waals surface area contributed by atoms with Crippen molar-refractivity contribution >= 4 is 5.82 Å². The van der Waals surface area contributed by atoms with Crippen molar-refractivity contribution in [3.05, 3.63) is 54.2 Å². The molecule has 118 valence electrons. The molecule has 2 rings (SSSR count). The van der Waals surface area contributed by atoms with E-state index in [9.17, 15) is 0 Å². The van der Waals surface area contributed by atoms with Crippen molar-refractivity contribution in [2.45, 2.75) is 39.0 Å². The van der Waals surface area contributed by atoms with Crippen LogP contribution in [0, 0.1) is 0 Å². The molecule has 1 heterocycles. The largest absolute Gasteiger partial charge is 0.494 e. The van der Waals surface area contributed by atoms with Crippen LogP contribution in [0.25, 0.3) is 0 Å². The molecule has 0 saturated heterocycles. The first-order valence-corrected chi connectivity index (χ1v) is 8.00. The molecule has 0 atom stereocenters. The van der Waals surface area contributed by atoms with Crippen LogP contribution in [0.1, 0.15) is 39.2 Å². The van der Waals surface area contributed by atoms with Gasteiger partial charge < -0.3 is 10.1 Å². The van der Waals surface area contributed by atoms with Gasteiger partial charge in [-0.1, -0.05) is 39.0 Å². The van der Waals surface area contributed by atoms with Crippen molar-refractivity contribution in [2.24, 2.45) is 0 Å². The third kappa shape index (κ3) is 4.76. The molecule has 0 saturated carbocycles. The Balaban J connectivity index is 1.71. The van der Waals surface area contributed by atoms with Gasteiger partial charge in [0.05, 0.1) is 6.61 Å². The predicted octanol–water partition coefficient (Wildman–Crippen LogP) is 4.65. The Bertz CT molecular complexity index is 549. The molecule has 0 bridgehead atoms. The number of rotatable bonds is 8. The molecule has 0 unspecified atom stereocenters. The van der Waals surface area contributed by atoms with Crippen LogP contribution in [-0.4, -0.2) is 18.1 Å². The van der Waals surface area contributed by atoms with Gasteiger partial charge in [0.2, 0.25) is 0 Å². The highest BCUT2D eigenvalue weighted by atomic mass is 16.5. The van der Waals surface area contributed by atoms with E-state index in [-0.39, 0.29) is 5.41 Å². The number of benzene rings is 1. The number of anilines is 1. The molecule has 22 heavy (non-hydrogen) atoms. The lowest BCUT2D eigenvalue weighted by atomic mass is 9.82. The molecule has 1 N–H and O–H groups in total. The Morgan fingerprint density at radius 3 is 2.50 bits per heavy atom. The summed E-state index contributed by atoms with van der Waals surface area (Å²) in [6.07, 6.45) is 3.86. The maximum absolute atomic E-state index is 5.78. The molecule has 0 amide bonds. The number of ether oxygens (including phenoxy) is 1. The average Bonchev–Trinajstić information content (AvgIpc) is 2.56. The van der Waals surface area contributed by atoms with Gasteiger partial charge in [0.15, 0.2) is 0 Å². The van der Waals surface area contributed by atoms with Crippen LogP contribution in [0.3, 0.4) is 0 Å². The summed E-state index contributed by atoms with van der Waals surface area (Å²) in [6, 6.07) is 14.3. The molecule has 3 nitrogen and oxygen atoms in total. The van der Waals surface area contributed by atoms with E-state index in [1.165, 1.54) is 5.56 Å². The average molecular weight is 298 g/mol. The molecule has 0 aliphatic heterocycles. The fourth-order valence-corrected chi connectivity index (χ4v) is 2.15. The first kappa shape index (κ1) is 16.3. The molecule has 0 fully saturated rings. The molecule has 0 radical (unpaired) electrons. The highest BCUT2D eigenvalue weighted by Gasteiger charge is 2.17. The van der Waals surface area contributed by atoms with Gasteiger partial charge in [0, 0.05) is 12.7 Å². The number of hydrogen-bond acceptors (Lipinski definition) is 3. The van der Waals surface area contributed by atoms with Crippen molar-refractivity contribution in [2.75, 3.05) is 18.5 Å². The van der Waals surface area contributed by atoms with E-state index in [4.69, 9.17) is 4.74 Å². The maximum Gasteiger partial charge on any atom is 0.125 e. The zero-order chi connectivity index (χ0) is 15.8. The molecular formula is C19H26N2O. The molecule has 1 aromatic heterocycles. The van der Waals surface area contributed by atoms with E-state index in [0.29, 0.717) is 6.61 Å². The lowest BCUT2D eigenvalue weighted by molar-refractivity contribution is 0.314. The molecule has 2 aromatic rings. The highest BCUT2D eigenvalue weighted by Crippen LogP contribution is 2.28. The van der Waals surface area contributed by atoms with Crippen LogP contribution in [-0.2, 0) is 5.41 Å². The van der Waals surface area contributed by atoms with E-state index < -0.39 is 0 Å². The summed E-state index contributed by atoms with van der Waals surface area (Å²) in [4.78, 5) is 4.22. The number of hydrogen-bond donors (Lipinski definition) is 1. The molecular weight excluding hydrogens is 272 g/mol. The molecule has 3 heteroatoms. The Hall–Kier alpha value is -2.03. The van der Waals surface area contributed by atoms with E-state index >= 15 is 0 Å². The van der Waals surface area contributed by atoms with Crippen LogP contribution < -0.4 is 10.1 Å². The van der Waals surface area contributed by atoms with Gasteiger partial charge in [0.1, 0.15) is 11.6 Å².